The normalized spacial score (nSPS) is 11.9. The van der Waals surface area contributed by atoms with Gasteiger partial charge in [0.1, 0.15) is 6.54 Å². The number of carbonyl (C=O) groups excluding carboxylic acids is 1. The highest BCUT2D eigenvalue weighted by molar-refractivity contribution is 5.96. The van der Waals surface area contributed by atoms with Gasteiger partial charge in [0.25, 0.3) is 5.91 Å². The van der Waals surface area contributed by atoms with Gasteiger partial charge in [-0.25, -0.2) is 0 Å². The summed E-state index contributed by atoms with van der Waals surface area (Å²) in [5.74, 6) is -1.27. The predicted octanol–water partition coefficient (Wildman–Crippen LogP) is 1.47. The largest absolute Gasteiger partial charge is 0.480 e. The molecule has 0 fully saturated rings. The summed E-state index contributed by atoms with van der Waals surface area (Å²) >= 11 is 0. The zero-order valence-electron chi connectivity index (χ0n) is 11.3. The fourth-order valence-corrected chi connectivity index (χ4v) is 1.74. The number of carboxylic acids is 1. The molecule has 0 saturated carbocycles. The lowest BCUT2D eigenvalue weighted by Crippen LogP contribution is -2.41. The van der Waals surface area contributed by atoms with Crippen molar-refractivity contribution >= 4 is 11.9 Å². The van der Waals surface area contributed by atoms with Crippen LogP contribution in [0.15, 0.2) is 24.3 Å². The van der Waals surface area contributed by atoms with Crippen molar-refractivity contribution in [2.45, 2.75) is 32.9 Å². The van der Waals surface area contributed by atoms with E-state index in [0.717, 1.165) is 5.56 Å². The van der Waals surface area contributed by atoms with Gasteiger partial charge in [-0.15, -0.1) is 0 Å². The van der Waals surface area contributed by atoms with Crippen LogP contribution in [0.25, 0.3) is 0 Å². The number of hydrogen-bond acceptors (Lipinski definition) is 3. The fraction of sp³-hybridized carbons (Fsp3) is 0.429. The Morgan fingerprint density at radius 2 is 1.89 bits per heavy atom. The first-order valence-electron chi connectivity index (χ1n) is 6.31. The molecule has 19 heavy (non-hydrogen) atoms. The third kappa shape index (κ3) is 4.06. The maximum atomic E-state index is 12.3. The second-order valence-corrected chi connectivity index (χ2v) is 4.49. The van der Waals surface area contributed by atoms with Crippen molar-refractivity contribution < 1.29 is 14.7 Å². The van der Waals surface area contributed by atoms with E-state index in [1.54, 1.807) is 24.3 Å². The van der Waals surface area contributed by atoms with E-state index < -0.39 is 5.97 Å². The summed E-state index contributed by atoms with van der Waals surface area (Å²) in [5, 5.41) is 8.90. The number of carbonyl (C=O) groups is 2. The SMILES string of the molecule is CCC(C)N(CC(=O)O)C(=O)c1ccc(CN)cc1. The van der Waals surface area contributed by atoms with Gasteiger partial charge in [-0.2, -0.15) is 0 Å². The highest BCUT2D eigenvalue weighted by atomic mass is 16.4. The number of nitrogens with zero attached hydrogens (tertiary/aromatic N) is 1. The molecule has 5 heteroatoms. The first-order valence-corrected chi connectivity index (χ1v) is 6.31. The Labute approximate surface area is 113 Å². The van der Waals surface area contributed by atoms with E-state index in [-0.39, 0.29) is 18.5 Å². The molecule has 0 aliphatic rings. The van der Waals surface area contributed by atoms with Crippen molar-refractivity contribution in [2.75, 3.05) is 6.54 Å². The lowest BCUT2D eigenvalue weighted by Gasteiger charge is -2.27. The summed E-state index contributed by atoms with van der Waals surface area (Å²) < 4.78 is 0. The molecule has 104 valence electrons. The zero-order chi connectivity index (χ0) is 14.4. The molecule has 0 radical (unpaired) electrons. The van der Waals surface area contributed by atoms with Crippen molar-refractivity contribution in [3.8, 4) is 0 Å². The van der Waals surface area contributed by atoms with Gasteiger partial charge in [0, 0.05) is 18.2 Å². The van der Waals surface area contributed by atoms with Crippen LogP contribution in [0.3, 0.4) is 0 Å². The predicted molar refractivity (Wildman–Crippen MR) is 72.8 cm³/mol. The van der Waals surface area contributed by atoms with Crippen LogP contribution in [0.2, 0.25) is 0 Å². The second kappa shape index (κ2) is 6.89. The van der Waals surface area contributed by atoms with E-state index >= 15 is 0 Å². The van der Waals surface area contributed by atoms with E-state index in [0.29, 0.717) is 18.5 Å². The van der Waals surface area contributed by atoms with Gasteiger partial charge in [-0.1, -0.05) is 19.1 Å². The molecule has 1 aromatic rings. The van der Waals surface area contributed by atoms with Crippen LogP contribution in [0, 0.1) is 0 Å². The van der Waals surface area contributed by atoms with Gasteiger partial charge in [0.15, 0.2) is 0 Å². The van der Waals surface area contributed by atoms with E-state index in [9.17, 15) is 9.59 Å². The van der Waals surface area contributed by atoms with Gasteiger partial charge < -0.3 is 15.7 Å². The average Bonchev–Trinajstić information content (AvgIpc) is 2.43. The van der Waals surface area contributed by atoms with Crippen LogP contribution in [-0.4, -0.2) is 34.5 Å². The molecule has 1 atom stereocenters. The van der Waals surface area contributed by atoms with Crippen molar-refractivity contribution in [3.63, 3.8) is 0 Å². The van der Waals surface area contributed by atoms with Crippen molar-refractivity contribution in [3.05, 3.63) is 35.4 Å². The average molecular weight is 264 g/mol. The summed E-state index contributed by atoms with van der Waals surface area (Å²) in [6, 6.07) is 6.81. The number of nitrogens with two attached hydrogens (primary N) is 1. The van der Waals surface area contributed by atoms with Crippen LogP contribution >= 0.6 is 0 Å². The monoisotopic (exact) mass is 264 g/mol. The summed E-state index contributed by atoms with van der Waals surface area (Å²) in [7, 11) is 0. The lowest BCUT2D eigenvalue weighted by molar-refractivity contribution is -0.138. The van der Waals surface area contributed by atoms with Crippen molar-refractivity contribution in [2.24, 2.45) is 5.73 Å². The molecule has 0 aromatic heterocycles. The van der Waals surface area contributed by atoms with Crippen molar-refractivity contribution in [1.29, 1.82) is 0 Å². The summed E-state index contributed by atoms with van der Waals surface area (Å²) in [6.45, 7) is 3.89. The highest BCUT2D eigenvalue weighted by Gasteiger charge is 2.22. The molecule has 1 rings (SSSR count). The highest BCUT2D eigenvalue weighted by Crippen LogP contribution is 2.12. The fourth-order valence-electron chi connectivity index (χ4n) is 1.74. The minimum atomic E-state index is -1.01. The standard InChI is InChI=1S/C14H20N2O3/c1-3-10(2)16(9-13(17)18)14(19)12-6-4-11(8-15)5-7-12/h4-7,10H,3,8-9,15H2,1-2H3,(H,17,18). The number of aliphatic carboxylic acids is 1. The molecule has 0 spiro atoms. The molecule has 1 unspecified atom stereocenters. The van der Waals surface area contributed by atoms with Crippen LogP contribution in [-0.2, 0) is 11.3 Å². The molecule has 1 amide bonds. The molecule has 0 aliphatic carbocycles. The first kappa shape index (κ1) is 15.2. The second-order valence-electron chi connectivity index (χ2n) is 4.49. The summed E-state index contributed by atoms with van der Waals surface area (Å²) in [5.41, 5.74) is 6.92. The molecular weight excluding hydrogens is 244 g/mol. The minimum absolute atomic E-state index is 0.113. The third-order valence-corrected chi connectivity index (χ3v) is 3.13. The Morgan fingerprint density at radius 3 is 2.32 bits per heavy atom. The molecule has 1 aromatic carbocycles. The van der Waals surface area contributed by atoms with Gasteiger partial charge in [0.2, 0.25) is 0 Å². The molecule has 0 heterocycles. The summed E-state index contributed by atoms with van der Waals surface area (Å²) in [4.78, 5) is 24.5. The molecule has 5 nitrogen and oxygen atoms in total. The molecule has 0 bridgehead atoms. The molecule has 0 aliphatic heterocycles. The van der Waals surface area contributed by atoms with E-state index in [2.05, 4.69) is 0 Å². The third-order valence-electron chi connectivity index (χ3n) is 3.13. The van der Waals surface area contributed by atoms with Crippen LogP contribution in [0.1, 0.15) is 36.2 Å². The maximum Gasteiger partial charge on any atom is 0.323 e. The molecule has 0 saturated heterocycles. The van der Waals surface area contributed by atoms with Crippen LogP contribution in [0.4, 0.5) is 0 Å². The number of benzene rings is 1. The van der Waals surface area contributed by atoms with Crippen LogP contribution < -0.4 is 5.73 Å². The van der Waals surface area contributed by atoms with Crippen molar-refractivity contribution in [1.82, 2.24) is 4.90 Å². The minimum Gasteiger partial charge on any atom is -0.480 e. The Balaban J connectivity index is 2.93. The Morgan fingerprint density at radius 1 is 1.32 bits per heavy atom. The van der Waals surface area contributed by atoms with Gasteiger partial charge >= 0.3 is 5.97 Å². The number of rotatable bonds is 6. The van der Waals surface area contributed by atoms with E-state index in [1.165, 1.54) is 4.90 Å². The molecular formula is C14H20N2O3. The van der Waals surface area contributed by atoms with E-state index in [1.807, 2.05) is 13.8 Å². The number of carboxylic acid groups (broad SMARTS) is 1. The smallest absolute Gasteiger partial charge is 0.323 e. The van der Waals surface area contributed by atoms with Gasteiger partial charge in [-0.3, -0.25) is 9.59 Å². The Bertz CT molecular complexity index is 443. The lowest BCUT2D eigenvalue weighted by atomic mass is 10.1. The topological polar surface area (TPSA) is 83.6 Å². The zero-order valence-corrected chi connectivity index (χ0v) is 11.3. The first-order chi connectivity index (χ1) is 8.99. The maximum absolute atomic E-state index is 12.3. The Hall–Kier alpha value is -1.88. The Kier molecular flexibility index (Phi) is 5.51. The van der Waals surface area contributed by atoms with Gasteiger partial charge in [0.05, 0.1) is 0 Å². The van der Waals surface area contributed by atoms with Crippen LogP contribution in [0.5, 0.6) is 0 Å². The number of amides is 1. The van der Waals surface area contributed by atoms with E-state index in [4.69, 9.17) is 10.8 Å². The van der Waals surface area contributed by atoms with Gasteiger partial charge in [-0.05, 0) is 31.0 Å². The number of hydrogen-bond donors (Lipinski definition) is 2. The summed E-state index contributed by atoms with van der Waals surface area (Å²) in [6.07, 6.45) is 0.708. The quantitative estimate of drug-likeness (QED) is 0.815. The molecule has 3 N–H and O–H groups in total.